The second-order valence-corrected chi connectivity index (χ2v) is 8.08. The first kappa shape index (κ1) is 18.8. The van der Waals surface area contributed by atoms with Crippen LogP contribution in [0, 0.1) is 0 Å². The standard InChI is InChI=1S/C19H20N4O3S/c1-23(2)27(24,25)17-10-6-15(7-11-17)21-19-20-13-12-18(22-19)14-4-8-16(26-3)9-5-14/h4-13H,1-3H3,(H,20,21,22). The van der Waals surface area contributed by atoms with Crippen LogP contribution in [-0.2, 0) is 10.0 Å². The van der Waals surface area contributed by atoms with Crippen LogP contribution in [0.25, 0.3) is 11.3 Å². The summed E-state index contributed by atoms with van der Waals surface area (Å²) in [6.07, 6.45) is 1.67. The lowest BCUT2D eigenvalue weighted by molar-refractivity contribution is 0.415. The second-order valence-electron chi connectivity index (χ2n) is 5.93. The van der Waals surface area contributed by atoms with Crippen LogP contribution in [0.15, 0.2) is 65.7 Å². The molecule has 0 unspecified atom stereocenters. The molecule has 3 aromatic rings. The number of nitrogens with one attached hydrogen (secondary N) is 1. The maximum atomic E-state index is 12.1. The molecule has 0 radical (unpaired) electrons. The first-order chi connectivity index (χ1) is 12.9. The van der Waals surface area contributed by atoms with Gasteiger partial charge in [0.25, 0.3) is 0 Å². The lowest BCUT2D eigenvalue weighted by Gasteiger charge is -2.12. The molecule has 0 spiro atoms. The van der Waals surface area contributed by atoms with Crippen molar-refractivity contribution in [1.29, 1.82) is 0 Å². The lowest BCUT2D eigenvalue weighted by Crippen LogP contribution is -2.22. The van der Waals surface area contributed by atoms with E-state index in [-0.39, 0.29) is 4.90 Å². The van der Waals surface area contributed by atoms with Crippen molar-refractivity contribution >= 4 is 21.7 Å². The van der Waals surface area contributed by atoms with Gasteiger partial charge in [-0.15, -0.1) is 0 Å². The number of rotatable bonds is 6. The Labute approximate surface area is 158 Å². The van der Waals surface area contributed by atoms with E-state index in [1.165, 1.54) is 18.4 Å². The zero-order valence-electron chi connectivity index (χ0n) is 15.2. The highest BCUT2D eigenvalue weighted by molar-refractivity contribution is 7.89. The molecule has 0 aliphatic carbocycles. The number of nitrogens with zero attached hydrogens (tertiary/aromatic N) is 3. The smallest absolute Gasteiger partial charge is 0.242 e. The maximum absolute atomic E-state index is 12.1. The molecule has 2 aromatic carbocycles. The lowest BCUT2D eigenvalue weighted by atomic mass is 10.1. The van der Waals surface area contributed by atoms with Crippen molar-refractivity contribution in [3.8, 4) is 17.0 Å². The number of methoxy groups -OCH3 is 1. The third kappa shape index (κ3) is 4.24. The van der Waals surface area contributed by atoms with Gasteiger partial charge in [0.15, 0.2) is 0 Å². The Morgan fingerprint density at radius 1 is 0.963 bits per heavy atom. The minimum atomic E-state index is -3.45. The molecule has 0 fully saturated rings. The number of sulfonamides is 1. The topological polar surface area (TPSA) is 84.4 Å². The second kappa shape index (κ2) is 7.73. The average Bonchev–Trinajstić information content (AvgIpc) is 2.68. The number of anilines is 2. The fourth-order valence-corrected chi connectivity index (χ4v) is 3.29. The van der Waals surface area contributed by atoms with E-state index < -0.39 is 10.0 Å². The van der Waals surface area contributed by atoms with Gasteiger partial charge in [-0.2, -0.15) is 0 Å². The van der Waals surface area contributed by atoms with Crippen molar-refractivity contribution in [2.75, 3.05) is 26.5 Å². The van der Waals surface area contributed by atoms with Crippen LogP contribution in [0.1, 0.15) is 0 Å². The predicted molar refractivity (Wildman–Crippen MR) is 105 cm³/mol. The van der Waals surface area contributed by atoms with E-state index in [9.17, 15) is 8.42 Å². The Morgan fingerprint density at radius 2 is 1.63 bits per heavy atom. The van der Waals surface area contributed by atoms with E-state index in [0.29, 0.717) is 11.6 Å². The largest absolute Gasteiger partial charge is 0.497 e. The van der Waals surface area contributed by atoms with Gasteiger partial charge in [-0.3, -0.25) is 0 Å². The van der Waals surface area contributed by atoms with Gasteiger partial charge in [0, 0.05) is 31.5 Å². The van der Waals surface area contributed by atoms with E-state index >= 15 is 0 Å². The molecule has 1 aromatic heterocycles. The number of hydrogen-bond donors (Lipinski definition) is 1. The van der Waals surface area contributed by atoms with Gasteiger partial charge in [-0.1, -0.05) is 0 Å². The zero-order chi connectivity index (χ0) is 19.4. The van der Waals surface area contributed by atoms with Gasteiger partial charge in [0.2, 0.25) is 16.0 Å². The van der Waals surface area contributed by atoms with Crippen LogP contribution >= 0.6 is 0 Å². The van der Waals surface area contributed by atoms with E-state index in [1.54, 1.807) is 37.6 Å². The van der Waals surface area contributed by atoms with Crippen molar-refractivity contribution in [2.24, 2.45) is 0 Å². The quantitative estimate of drug-likeness (QED) is 0.703. The molecule has 1 heterocycles. The van der Waals surface area contributed by atoms with Gasteiger partial charge in [0.05, 0.1) is 17.7 Å². The molecule has 0 bridgehead atoms. The van der Waals surface area contributed by atoms with Crippen LogP contribution in [0.4, 0.5) is 11.6 Å². The minimum Gasteiger partial charge on any atom is -0.497 e. The summed E-state index contributed by atoms with van der Waals surface area (Å²) in [7, 11) is 1.17. The molecular weight excluding hydrogens is 364 g/mol. The predicted octanol–water partition coefficient (Wildman–Crippen LogP) is 3.15. The van der Waals surface area contributed by atoms with Crippen molar-refractivity contribution in [3.05, 3.63) is 60.8 Å². The third-order valence-electron chi connectivity index (χ3n) is 3.93. The molecule has 8 heteroatoms. The van der Waals surface area contributed by atoms with Crippen LogP contribution in [0.3, 0.4) is 0 Å². The SMILES string of the molecule is COc1ccc(-c2ccnc(Nc3ccc(S(=O)(=O)N(C)C)cc3)n2)cc1. The Kier molecular flexibility index (Phi) is 5.38. The minimum absolute atomic E-state index is 0.228. The summed E-state index contributed by atoms with van der Waals surface area (Å²) in [6.45, 7) is 0. The molecule has 0 saturated heterocycles. The van der Waals surface area contributed by atoms with E-state index in [0.717, 1.165) is 17.0 Å². The van der Waals surface area contributed by atoms with Gasteiger partial charge >= 0.3 is 0 Å². The molecule has 0 saturated carbocycles. The molecule has 7 nitrogen and oxygen atoms in total. The molecular formula is C19H20N4O3S. The monoisotopic (exact) mass is 384 g/mol. The summed E-state index contributed by atoms with van der Waals surface area (Å²) in [4.78, 5) is 8.95. The van der Waals surface area contributed by atoms with Crippen LogP contribution in [0.5, 0.6) is 5.75 Å². The first-order valence-electron chi connectivity index (χ1n) is 8.17. The third-order valence-corrected chi connectivity index (χ3v) is 5.76. The normalized spacial score (nSPS) is 11.4. The van der Waals surface area contributed by atoms with E-state index in [2.05, 4.69) is 15.3 Å². The Balaban J connectivity index is 1.80. The van der Waals surface area contributed by atoms with Crippen LogP contribution in [-0.4, -0.2) is 43.9 Å². The Morgan fingerprint density at radius 3 is 2.22 bits per heavy atom. The highest BCUT2D eigenvalue weighted by Crippen LogP contribution is 2.23. The number of hydrogen-bond acceptors (Lipinski definition) is 6. The highest BCUT2D eigenvalue weighted by atomic mass is 32.2. The summed E-state index contributed by atoms with van der Waals surface area (Å²) in [5, 5.41) is 3.09. The summed E-state index contributed by atoms with van der Waals surface area (Å²) in [5.74, 6) is 1.20. The van der Waals surface area contributed by atoms with Crippen molar-refractivity contribution in [3.63, 3.8) is 0 Å². The molecule has 0 aliphatic heterocycles. The summed E-state index contributed by atoms with van der Waals surface area (Å²) >= 11 is 0. The van der Waals surface area contributed by atoms with Crippen LogP contribution in [0.2, 0.25) is 0 Å². The van der Waals surface area contributed by atoms with Crippen LogP contribution < -0.4 is 10.1 Å². The molecule has 140 valence electrons. The summed E-state index contributed by atoms with van der Waals surface area (Å²) < 4.78 is 30.6. The molecule has 1 N–H and O–H groups in total. The molecule has 0 atom stereocenters. The first-order valence-corrected chi connectivity index (χ1v) is 9.61. The van der Waals surface area contributed by atoms with E-state index in [1.807, 2.05) is 30.3 Å². The summed E-state index contributed by atoms with van der Waals surface area (Å²) in [6, 6.07) is 15.9. The molecule has 3 rings (SSSR count). The fourth-order valence-electron chi connectivity index (χ4n) is 2.39. The maximum Gasteiger partial charge on any atom is 0.242 e. The molecule has 27 heavy (non-hydrogen) atoms. The summed E-state index contributed by atoms with van der Waals surface area (Å²) in [5.41, 5.74) is 2.40. The fraction of sp³-hybridized carbons (Fsp3) is 0.158. The average molecular weight is 384 g/mol. The van der Waals surface area contributed by atoms with Gasteiger partial charge in [-0.05, 0) is 54.6 Å². The van der Waals surface area contributed by atoms with Gasteiger partial charge in [0.1, 0.15) is 5.75 Å². The molecule has 0 amide bonds. The van der Waals surface area contributed by atoms with Gasteiger partial charge < -0.3 is 10.1 Å². The van der Waals surface area contributed by atoms with Gasteiger partial charge in [-0.25, -0.2) is 22.7 Å². The van der Waals surface area contributed by atoms with Crippen molar-refractivity contribution in [1.82, 2.24) is 14.3 Å². The number of ether oxygens (including phenoxy) is 1. The van der Waals surface area contributed by atoms with Crippen molar-refractivity contribution in [2.45, 2.75) is 4.90 Å². The zero-order valence-corrected chi connectivity index (χ0v) is 16.1. The number of aromatic nitrogens is 2. The Bertz CT molecular complexity index is 1020. The van der Waals surface area contributed by atoms with E-state index in [4.69, 9.17) is 4.74 Å². The number of benzene rings is 2. The molecule has 0 aliphatic rings. The van der Waals surface area contributed by atoms with Crippen molar-refractivity contribution < 1.29 is 13.2 Å². The Hall–Kier alpha value is -2.97. The highest BCUT2D eigenvalue weighted by Gasteiger charge is 2.16.